The number of ether oxygens (including phenoxy) is 1. The highest BCUT2D eigenvalue weighted by Gasteiger charge is 2.11. The van der Waals surface area contributed by atoms with Gasteiger partial charge in [-0.15, -0.1) is 0 Å². The topological polar surface area (TPSA) is 39.4 Å². The van der Waals surface area contributed by atoms with Crippen LogP contribution in [-0.4, -0.2) is 6.61 Å². The minimum absolute atomic E-state index is 0.305. The summed E-state index contributed by atoms with van der Waals surface area (Å²) in [4.78, 5) is 11.7. The predicted molar refractivity (Wildman–Crippen MR) is 81.5 cm³/mol. The molecule has 3 heteroatoms. The molecule has 0 fully saturated rings. The Kier molecular flexibility index (Phi) is 4.28. The molecule has 2 rings (SSSR count). The molecule has 0 atom stereocenters. The first kappa shape index (κ1) is 14.4. The average Bonchev–Trinajstić information content (AvgIpc) is 2.39. The number of hydrogen-bond acceptors (Lipinski definition) is 3. The minimum Gasteiger partial charge on any atom is -0.489 e. The minimum atomic E-state index is -0.305. The summed E-state index contributed by atoms with van der Waals surface area (Å²) in [6.45, 7) is 10.2. The van der Waals surface area contributed by atoms with Gasteiger partial charge in [-0.2, -0.15) is 0 Å². The lowest BCUT2D eigenvalue weighted by molar-refractivity contribution is 0.350. The average molecular weight is 272 g/mol. The van der Waals surface area contributed by atoms with Crippen LogP contribution in [0.15, 0.2) is 39.6 Å². The van der Waals surface area contributed by atoms with Gasteiger partial charge in [0.25, 0.3) is 0 Å². The standard InChI is InChI=1S/C17H20O3/c1-5-6-13-9-16(18)20-17-12(4)15(8-7-14(13)17)19-10-11(2)3/h7-9H,2,5-6,10H2,1,3-4H3. The molecular formula is C17H20O3. The van der Waals surface area contributed by atoms with Crippen LogP contribution in [-0.2, 0) is 6.42 Å². The maximum atomic E-state index is 11.7. The molecule has 0 saturated heterocycles. The van der Waals surface area contributed by atoms with Gasteiger partial charge in [0.05, 0.1) is 0 Å². The Morgan fingerprint density at radius 1 is 1.40 bits per heavy atom. The van der Waals surface area contributed by atoms with E-state index in [1.165, 1.54) is 0 Å². The van der Waals surface area contributed by atoms with E-state index in [0.717, 1.165) is 40.7 Å². The van der Waals surface area contributed by atoms with Gasteiger partial charge >= 0.3 is 5.63 Å². The van der Waals surface area contributed by atoms with E-state index in [1.54, 1.807) is 6.07 Å². The van der Waals surface area contributed by atoms with Gasteiger partial charge in [0.1, 0.15) is 17.9 Å². The fraction of sp³-hybridized carbons (Fsp3) is 0.353. The fourth-order valence-corrected chi connectivity index (χ4v) is 2.24. The Balaban J connectivity index is 2.55. The summed E-state index contributed by atoms with van der Waals surface area (Å²) in [6, 6.07) is 5.48. The van der Waals surface area contributed by atoms with Crippen LogP contribution in [0, 0.1) is 6.92 Å². The van der Waals surface area contributed by atoms with Crippen LogP contribution in [0.5, 0.6) is 5.75 Å². The van der Waals surface area contributed by atoms with Gasteiger partial charge in [-0.25, -0.2) is 4.79 Å². The van der Waals surface area contributed by atoms with Crippen LogP contribution in [0.25, 0.3) is 11.0 Å². The summed E-state index contributed by atoms with van der Waals surface area (Å²) in [7, 11) is 0. The normalized spacial score (nSPS) is 10.8. The Bertz CT molecular complexity index is 695. The van der Waals surface area contributed by atoms with E-state index in [1.807, 2.05) is 26.0 Å². The molecule has 0 aliphatic carbocycles. The van der Waals surface area contributed by atoms with Crippen molar-refractivity contribution in [2.24, 2.45) is 0 Å². The van der Waals surface area contributed by atoms with E-state index in [-0.39, 0.29) is 5.63 Å². The Morgan fingerprint density at radius 3 is 2.80 bits per heavy atom. The monoisotopic (exact) mass is 272 g/mol. The maximum absolute atomic E-state index is 11.7. The molecule has 0 aliphatic rings. The second kappa shape index (κ2) is 5.95. The predicted octanol–water partition coefficient (Wildman–Crippen LogP) is 4.01. The van der Waals surface area contributed by atoms with E-state index in [0.29, 0.717) is 12.2 Å². The number of rotatable bonds is 5. The Labute approximate surface area is 118 Å². The van der Waals surface area contributed by atoms with E-state index in [4.69, 9.17) is 9.15 Å². The van der Waals surface area contributed by atoms with E-state index in [2.05, 4.69) is 13.5 Å². The van der Waals surface area contributed by atoms with Gasteiger partial charge in [-0.3, -0.25) is 0 Å². The lowest BCUT2D eigenvalue weighted by atomic mass is 10.0. The second-order valence-corrected chi connectivity index (χ2v) is 5.15. The van der Waals surface area contributed by atoms with Crippen LogP contribution in [0.4, 0.5) is 0 Å². The van der Waals surface area contributed by atoms with Crippen LogP contribution in [0.1, 0.15) is 31.4 Å². The molecule has 0 aliphatic heterocycles. The molecule has 0 radical (unpaired) electrons. The molecule has 0 saturated carbocycles. The highest BCUT2D eigenvalue weighted by Crippen LogP contribution is 2.29. The van der Waals surface area contributed by atoms with Gasteiger partial charge in [-0.1, -0.05) is 19.9 Å². The van der Waals surface area contributed by atoms with Crippen molar-refractivity contribution in [3.8, 4) is 5.75 Å². The first-order valence-electron chi connectivity index (χ1n) is 6.86. The van der Waals surface area contributed by atoms with Gasteiger partial charge in [0, 0.05) is 17.0 Å². The number of benzene rings is 1. The summed E-state index contributed by atoms with van der Waals surface area (Å²) in [5.74, 6) is 0.734. The number of hydrogen-bond donors (Lipinski definition) is 0. The van der Waals surface area contributed by atoms with Gasteiger partial charge < -0.3 is 9.15 Å². The van der Waals surface area contributed by atoms with Crippen LogP contribution >= 0.6 is 0 Å². The summed E-state index contributed by atoms with van der Waals surface area (Å²) in [6.07, 6.45) is 1.86. The van der Waals surface area contributed by atoms with Crippen molar-refractivity contribution < 1.29 is 9.15 Å². The van der Waals surface area contributed by atoms with E-state index in [9.17, 15) is 4.79 Å². The van der Waals surface area contributed by atoms with Crippen LogP contribution in [0.3, 0.4) is 0 Å². The van der Waals surface area contributed by atoms with Crippen molar-refractivity contribution in [3.63, 3.8) is 0 Å². The molecule has 2 aromatic rings. The molecule has 1 aromatic carbocycles. The lowest BCUT2D eigenvalue weighted by Crippen LogP contribution is -2.04. The van der Waals surface area contributed by atoms with Crippen LogP contribution < -0.4 is 10.4 Å². The third-order valence-electron chi connectivity index (χ3n) is 3.19. The third kappa shape index (κ3) is 2.93. The molecule has 106 valence electrons. The molecule has 0 unspecified atom stereocenters. The molecule has 0 bridgehead atoms. The first-order valence-corrected chi connectivity index (χ1v) is 6.86. The molecule has 0 N–H and O–H groups in total. The van der Waals surface area contributed by atoms with Crippen molar-refractivity contribution in [3.05, 3.63) is 51.9 Å². The van der Waals surface area contributed by atoms with Crippen LogP contribution in [0.2, 0.25) is 0 Å². The fourth-order valence-electron chi connectivity index (χ4n) is 2.24. The molecule has 0 amide bonds. The zero-order valence-electron chi connectivity index (χ0n) is 12.3. The maximum Gasteiger partial charge on any atom is 0.336 e. The SMILES string of the molecule is C=C(C)COc1ccc2c(CCC)cc(=O)oc2c1C. The number of aryl methyl sites for hydroxylation is 2. The molecule has 1 heterocycles. The molecule has 1 aromatic heterocycles. The van der Waals surface area contributed by atoms with Crippen molar-refractivity contribution in [2.75, 3.05) is 6.61 Å². The first-order chi connectivity index (χ1) is 9.52. The summed E-state index contributed by atoms with van der Waals surface area (Å²) in [5.41, 5.74) is 3.17. The van der Waals surface area contributed by atoms with E-state index < -0.39 is 0 Å². The van der Waals surface area contributed by atoms with Gasteiger partial charge in [0.2, 0.25) is 0 Å². The summed E-state index contributed by atoms with van der Waals surface area (Å²) < 4.78 is 11.1. The third-order valence-corrected chi connectivity index (χ3v) is 3.19. The highest BCUT2D eigenvalue weighted by atomic mass is 16.5. The summed E-state index contributed by atoms with van der Waals surface area (Å²) in [5, 5.41) is 0.992. The smallest absolute Gasteiger partial charge is 0.336 e. The molecule has 3 nitrogen and oxygen atoms in total. The second-order valence-electron chi connectivity index (χ2n) is 5.15. The van der Waals surface area contributed by atoms with Gasteiger partial charge in [-0.05, 0) is 43.5 Å². The van der Waals surface area contributed by atoms with Gasteiger partial charge in [0.15, 0.2) is 0 Å². The summed E-state index contributed by atoms with van der Waals surface area (Å²) >= 11 is 0. The highest BCUT2D eigenvalue weighted by molar-refractivity contribution is 5.84. The molecule has 0 spiro atoms. The zero-order valence-corrected chi connectivity index (χ0v) is 12.3. The van der Waals surface area contributed by atoms with Crippen molar-refractivity contribution in [1.82, 2.24) is 0 Å². The van der Waals surface area contributed by atoms with Crippen molar-refractivity contribution >= 4 is 11.0 Å². The zero-order chi connectivity index (χ0) is 14.7. The van der Waals surface area contributed by atoms with Crippen molar-refractivity contribution in [1.29, 1.82) is 0 Å². The Hall–Kier alpha value is -2.03. The Morgan fingerprint density at radius 2 is 2.15 bits per heavy atom. The van der Waals surface area contributed by atoms with Crippen molar-refractivity contribution in [2.45, 2.75) is 33.6 Å². The largest absolute Gasteiger partial charge is 0.489 e. The molecule has 20 heavy (non-hydrogen) atoms. The quantitative estimate of drug-likeness (QED) is 0.610. The lowest BCUT2D eigenvalue weighted by Gasteiger charge is -2.12. The molecular weight excluding hydrogens is 252 g/mol. The van der Waals surface area contributed by atoms with E-state index >= 15 is 0 Å². The number of fused-ring (bicyclic) bond motifs is 1.